The smallest absolute Gasteiger partial charge is 0.501 e. The van der Waals surface area contributed by atoms with Crippen molar-refractivity contribution in [3.63, 3.8) is 0 Å². The fourth-order valence-corrected chi connectivity index (χ4v) is 12.9. The number of carbonyl (C=O) groups is 1. The summed E-state index contributed by atoms with van der Waals surface area (Å²) in [7, 11) is -5.59. The molecule has 0 atom stereocenters. The van der Waals surface area contributed by atoms with Crippen molar-refractivity contribution in [3.05, 3.63) is 83.1 Å². The lowest BCUT2D eigenvalue weighted by atomic mass is 10.1. The number of halogens is 3. The summed E-state index contributed by atoms with van der Waals surface area (Å²) >= 11 is 0. The molecule has 0 aliphatic heterocycles. The second kappa shape index (κ2) is 19.0. The van der Waals surface area contributed by atoms with Crippen LogP contribution in [0.4, 0.5) is 13.2 Å². The van der Waals surface area contributed by atoms with Crippen LogP contribution in [0.15, 0.2) is 60.9 Å². The van der Waals surface area contributed by atoms with Gasteiger partial charge in [-0.15, -0.1) is 0 Å². The summed E-state index contributed by atoms with van der Waals surface area (Å²) in [4.78, 5) is 10.9. The summed E-state index contributed by atoms with van der Waals surface area (Å²) in [5.41, 5.74) is -1.68. The number of hydrogen-bond donors (Lipinski definition) is 1. The Bertz CT molecular complexity index is 1160. The van der Waals surface area contributed by atoms with E-state index in [2.05, 4.69) is 42.5 Å². The zero-order chi connectivity index (χ0) is 34.3. The number of esters is 1. The second-order valence-electron chi connectivity index (χ2n) is 11.1. The molecule has 0 unspecified atom stereocenters. The molecule has 0 aliphatic carbocycles. The number of alkyl halides is 3. The minimum Gasteiger partial charge on any atom is -0.501 e. The highest BCUT2D eigenvalue weighted by molar-refractivity contribution is 7.88. The number of aryl methyl sites for hydroxylation is 1. The molecule has 0 spiro atoms. The van der Waals surface area contributed by atoms with Gasteiger partial charge in [0.05, 0.1) is 33.0 Å². The predicted molar refractivity (Wildman–Crippen MR) is 171 cm³/mol. The highest BCUT2D eigenvalue weighted by Crippen LogP contribution is 2.45. The molecular formula is C32H49F3O7SSi. The normalized spacial score (nSPS) is 11.8. The number of carbonyl (C=O) groups excluding carboxylic acids is 1. The molecule has 0 aromatic heterocycles. The minimum absolute atomic E-state index is 0.0263. The lowest BCUT2D eigenvalue weighted by molar-refractivity contribution is -0.139. The first-order chi connectivity index (χ1) is 20.3. The van der Waals surface area contributed by atoms with Crippen LogP contribution in [0.3, 0.4) is 0 Å². The van der Waals surface area contributed by atoms with E-state index in [4.69, 9.17) is 13.7 Å². The molecule has 44 heavy (non-hydrogen) atoms. The monoisotopic (exact) mass is 662 g/mol. The summed E-state index contributed by atoms with van der Waals surface area (Å²) in [6, 6.07) is 15.8. The molecule has 7 nitrogen and oxygen atoms in total. The quantitative estimate of drug-likeness (QED) is 0.107. The van der Waals surface area contributed by atoms with E-state index in [1.807, 2.05) is 12.1 Å². The van der Waals surface area contributed by atoms with Gasteiger partial charge in [-0.25, -0.2) is 0 Å². The fourth-order valence-electron chi connectivity index (χ4n) is 4.72. The number of ether oxygens (including phenoxy) is 2. The highest BCUT2D eigenvalue weighted by atomic mass is 32.2. The van der Waals surface area contributed by atoms with Crippen LogP contribution in [0.2, 0.25) is 16.6 Å². The molecule has 250 valence electrons. The van der Waals surface area contributed by atoms with Crippen molar-refractivity contribution in [2.75, 3.05) is 14.2 Å². The molecule has 0 aliphatic rings. The number of aliphatic hydroxyl groups is 1. The van der Waals surface area contributed by atoms with E-state index in [9.17, 15) is 26.4 Å². The summed E-state index contributed by atoms with van der Waals surface area (Å²) in [5.74, 6) is 0.556. The fraction of sp³-hybridized carbons (Fsp3) is 0.531. The van der Waals surface area contributed by atoms with Gasteiger partial charge in [0.2, 0.25) is 8.32 Å². The van der Waals surface area contributed by atoms with Gasteiger partial charge in [-0.2, -0.15) is 21.6 Å². The van der Waals surface area contributed by atoms with E-state index in [0.29, 0.717) is 0 Å². The molecular weight excluding hydrogens is 613 g/mol. The summed E-state index contributed by atoms with van der Waals surface area (Å²) < 4.78 is 74.2. The van der Waals surface area contributed by atoms with Gasteiger partial charge in [-0.3, -0.25) is 4.79 Å². The van der Waals surface area contributed by atoms with Gasteiger partial charge in [-0.1, -0.05) is 104 Å². The van der Waals surface area contributed by atoms with Crippen LogP contribution >= 0.6 is 0 Å². The van der Waals surface area contributed by atoms with Gasteiger partial charge < -0.3 is 18.5 Å². The van der Waals surface area contributed by atoms with Crippen molar-refractivity contribution in [2.24, 2.45) is 0 Å². The Hall–Kier alpha value is -2.67. The maximum Gasteiger partial charge on any atom is 0.522 e. The third kappa shape index (κ3) is 13.1. The van der Waals surface area contributed by atoms with Crippen LogP contribution in [0.1, 0.15) is 70.7 Å². The molecule has 2 aromatic carbocycles. The highest BCUT2D eigenvalue weighted by Gasteiger charge is 2.56. The van der Waals surface area contributed by atoms with Crippen LogP contribution < -0.4 is 0 Å². The third-order valence-electron chi connectivity index (χ3n) is 7.15. The van der Waals surface area contributed by atoms with Crippen LogP contribution in [0, 0.1) is 0 Å². The topological polar surface area (TPSA) is 99.1 Å². The van der Waals surface area contributed by atoms with Crippen molar-refractivity contribution in [1.29, 1.82) is 0 Å². The number of aliphatic hydroxyl groups excluding tert-OH is 1. The van der Waals surface area contributed by atoms with Gasteiger partial charge in [0.25, 0.3) is 0 Å². The average Bonchev–Trinajstić information content (AvgIpc) is 2.96. The lowest BCUT2D eigenvalue weighted by Gasteiger charge is -2.40. The number of methoxy groups -OCH3 is 2. The zero-order valence-corrected chi connectivity index (χ0v) is 29.1. The van der Waals surface area contributed by atoms with E-state index < -0.39 is 23.9 Å². The standard InChI is InChI=1S/C12H16O.C10H21F3O3SSi.C10H12O3/c1-4-11-5-7-12(8-6-11)9-10(2)13-3;1-7(2)18(8(3)4,9(5)6)16-17(14,15)10(11,12)13;1-13-10(12)6-8-2-4-9(7-11)5-3-8/h5-8H,2,4,9H2,1,3H3;7-9H,1-6H3;2-5,11H,6-7H2,1H3. The van der Waals surface area contributed by atoms with Crippen LogP contribution in [0.25, 0.3) is 0 Å². The molecule has 2 rings (SSSR count). The SMILES string of the molecule is C=C(Cc1ccc(CC)cc1)OC.CC(C)[Si](OS(=O)(=O)C(F)(F)F)(C(C)C)C(C)C.COC(=O)Cc1ccc(CO)cc1. The molecule has 0 bridgehead atoms. The van der Waals surface area contributed by atoms with Crippen LogP contribution in [-0.4, -0.2) is 47.5 Å². The van der Waals surface area contributed by atoms with Crippen molar-refractivity contribution in [3.8, 4) is 0 Å². The van der Waals surface area contributed by atoms with Gasteiger partial charge in [0.15, 0.2) is 0 Å². The maximum absolute atomic E-state index is 12.5. The van der Waals surface area contributed by atoms with E-state index in [1.165, 1.54) is 18.2 Å². The van der Waals surface area contributed by atoms with E-state index in [1.54, 1.807) is 60.8 Å². The van der Waals surface area contributed by atoms with Crippen LogP contribution in [0.5, 0.6) is 0 Å². The molecule has 0 amide bonds. The summed E-state index contributed by atoms with van der Waals surface area (Å²) in [6.45, 7) is 16.3. The van der Waals surface area contributed by atoms with Gasteiger partial charge in [0, 0.05) is 6.42 Å². The molecule has 0 radical (unpaired) electrons. The second-order valence-corrected chi connectivity index (χ2v) is 18.3. The minimum atomic E-state index is -5.53. The largest absolute Gasteiger partial charge is 0.522 e. The Kier molecular flexibility index (Phi) is 17.8. The molecule has 12 heteroatoms. The van der Waals surface area contributed by atoms with Crippen molar-refractivity contribution in [2.45, 2.75) is 96.5 Å². The number of rotatable bonds is 12. The predicted octanol–water partition coefficient (Wildman–Crippen LogP) is 7.87. The van der Waals surface area contributed by atoms with E-state index in [-0.39, 0.29) is 35.6 Å². The molecule has 2 aromatic rings. The Morgan fingerprint density at radius 1 is 0.795 bits per heavy atom. The summed E-state index contributed by atoms with van der Waals surface area (Å²) in [6.07, 6.45) is 2.17. The molecule has 1 N–H and O–H groups in total. The average molecular weight is 663 g/mol. The van der Waals surface area contributed by atoms with Crippen molar-refractivity contribution < 1.29 is 44.8 Å². The zero-order valence-electron chi connectivity index (χ0n) is 27.3. The van der Waals surface area contributed by atoms with Gasteiger partial charge in [-0.05, 0) is 45.3 Å². The van der Waals surface area contributed by atoms with E-state index in [0.717, 1.165) is 29.7 Å². The first kappa shape index (κ1) is 41.3. The Balaban J connectivity index is 0.000000642. The van der Waals surface area contributed by atoms with Gasteiger partial charge >= 0.3 is 21.6 Å². The third-order valence-corrected chi connectivity index (χ3v) is 15.2. The first-order valence-corrected chi connectivity index (χ1v) is 17.9. The number of hydrogen-bond acceptors (Lipinski definition) is 7. The lowest BCUT2D eigenvalue weighted by Crippen LogP contribution is -2.51. The van der Waals surface area contributed by atoms with Crippen LogP contribution in [-0.2, 0) is 54.1 Å². The Morgan fingerprint density at radius 3 is 1.50 bits per heavy atom. The maximum atomic E-state index is 12.5. The summed E-state index contributed by atoms with van der Waals surface area (Å²) in [5, 5.41) is 8.76. The molecule has 0 heterocycles. The van der Waals surface area contributed by atoms with Crippen molar-refractivity contribution in [1.82, 2.24) is 0 Å². The Labute approximate surface area is 262 Å². The number of benzene rings is 2. The van der Waals surface area contributed by atoms with E-state index >= 15 is 0 Å². The molecule has 0 saturated carbocycles. The Morgan fingerprint density at radius 2 is 1.18 bits per heavy atom. The molecule has 0 saturated heterocycles. The van der Waals surface area contributed by atoms with Crippen molar-refractivity contribution >= 4 is 24.4 Å². The van der Waals surface area contributed by atoms with Gasteiger partial charge in [0.1, 0.15) is 0 Å². The number of allylic oxidation sites excluding steroid dienone is 1. The first-order valence-electron chi connectivity index (χ1n) is 14.4. The molecule has 0 fully saturated rings.